The molecule has 5 rings (SSSR count). The summed E-state index contributed by atoms with van der Waals surface area (Å²) in [4.78, 5) is 13.2. The zero-order chi connectivity index (χ0) is 28.0. The lowest BCUT2D eigenvalue weighted by atomic mass is 9.68. The Morgan fingerprint density at radius 3 is 2.40 bits per heavy atom. The van der Waals surface area contributed by atoms with Gasteiger partial charge in [0.25, 0.3) is 16.1 Å². The number of para-hydroxylation sites is 1. The third-order valence-corrected chi connectivity index (χ3v) is 10.2. The molecule has 1 saturated carbocycles. The SMILES string of the molecule is COc1ccccc1C(=O)NC[C@]1(c2ccccc2)CC[C@H](N(Cc2ccco2)S(=O)(=O)N2CCOCC2)CC1. The maximum atomic E-state index is 13.9. The summed E-state index contributed by atoms with van der Waals surface area (Å²) in [5, 5.41) is 3.16. The Hall–Kier alpha value is -3.18. The molecule has 2 fully saturated rings. The average Bonchev–Trinajstić information content (AvgIpc) is 3.53. The molecule has 1 N–H and O–H groups in total. The highest BCUT2D eigenvalue weighted by molar-refractivity contribution is 7.86. The Morgan fingerprint density at radius 2 is 1.73 bits per heavy atom. The van der Waals surface area contributed by atoms with Crippen molar-refractivity contribution < 1.29 is 27.1 Å². The predicted octanol–water partition coefficient (Wildman–Crippen LogP) is 3.98. The number of morpholine rings is 1. The summed E-state index contributed by atoms with van der Waals surface area (Å²) in [6.45, 7) is 2.08. The number of ether oxygens (including phenoxy) is 2. The van der Waals surface area contributed by atoms with Gasteiger partial charge < -0.3 is 19.2 Å². The van der Waals surface area contributed by atoms with Crippen molar-refractivity contribution in [1.29, 1.82) is 0 Å². The van der Waals surface area contributed by atoms with E-state index in [2.05, 4.69) is 17.4 Å². The van der Waals surface area contributed by atoms with Crippen molar-refractivity contribution in [2.24, 2.45) is 0 Å². The molecule has 2 heterocycles. The van der Waals surface area contributed by atoms with Crippen LogP contribution in [0.4, 0.5) is 0 Å². The lowest BCUT2D eigenvalue weighted by Gasteiger charge is -2.44. The van der Waals surface area contributed by atoms with E-state index in [1.165, 1.54) is 4.31 Å². The van der Waals surface area contributed by atoms with Gasteiger partial charge >= 0.3 is 0 Å². The molecule has 1 aromatic heterocycles. The van der Waals surface area contributed by atoms with Crippen LogP contribution in [-0.2, 0) is 26.9 Å². The van der Waals surface area contributed by atoms with E-state index >= 15 is 0 Å². The van der Waals surface area contributed by atoms with Crippen LogP contribution in [0.25, 0.3) is 0 Å². The van der Waals surface area contributed by atoms with E-state index < -0.39 is 10.2 Å². The van der Waals surface area contributed by atoms with Crippen LogP contribution >= 0.6 is 0 Å². The first-order valence-corrected chi connectivity index (χ1v) is 15.2. The Balaban J connectivity index is 1.37. The number of methoxy groups -OCH3 is 1. The van der Waals surface area contributed by atoms with Gasteiger partial charge in [-0.3, -0.25) is 4.79 Å². The molecule has 9 nitrogen and oxygen atoms in total. The zero-order valence-electron chi connectivity index (χ0n) is 22.8. The summed E-state index contributed by atoms with van der Waals surface area (Å²) in [7, 11) is -2.17. The number of nitrogens with zero attached hydrogens (tertiary/aromatic N) is 2. The number of hydrogen-bond acceptors (Lipinski definition) is 6. The van der Waals surface area contributed by atoms with Crippen LogP contribution in [0.15, 0.2) is 77.4 Å². The Bertz CT molecular complexity index is 1350. The maximum absolute atomic E-state index is 13.9. The second-order valence-electron chi connectivity index (χ2n) is 10.4. The summed E-state index contributed by atoms with van der Waals surface area (Å²) in [5.74, 6) is 0.948. The molecule has 0 atom stereocenters. The van der Waals surface area contributed by atoms with E-state index in [0.717, 1.165) is 18.4 Å². The van der Waals surface area contributed by atoms with Gasteiger partial charge in [0.1, 0.15) is 11.5 Å². The van der Waals surface area contributed by atoms with Crippen molar-refractivity contribution in [3.05, 3.63) is 89.9 Å². The minimum atomic E-state index is -3.73. The van der Waals surface area contributed by atoms with Crippen LogP contribution in [0.2, 0.25) is 0 Å². The number of hydrogen-bond donors (Lipinski definition) is 1. The Morgan fingerprint density at radius 1 is 1.02 bits per heavy atom. The fourth-order valence-electron chi connectivity index (χ4n) is 5.86. The van der Waals surface area contributed by atoms with Gasteiger partial charge in [0, 0.05) is 31.1 Å². The summed E-state index contributed by atoms with van der Waals surface area (Å²) < 4.78 is 47.2. The van der Waals surface area contributed by atoms with Crippen molar-refractivity contribution in [3.63, 3.8) is 0 Å². The minimum Gasteiger partial charge on any atom is -0.496 e. The van der Waals surface area contributed by atoms with Crippen molar-refractivity contribution in [2.75, 3.05) is 40.0 Å². The smallest absolute Gasteiger partial charge is 0.282 e. The first kappa shape index (κ1) is 28.4. The zero-order valence-corrected chi connectivity index (χ0v) is 23.6. The van der Waals surface area contributed by atoms with Gasteiger partial charge in [0.05, 0.1) is 38.7 Å². The molecule has 1 amide bonds. The first-order chi connectivity index (χ1) is 19.4. The molecular formula is C30H37N3O6S. The molecule has 0 unspecified atom stereocenters. The number of carbonyl (C=O) groups is 1. The van der Waals surface area contributed by atoms with Crippen LogP contribution in [0.5, 0.6) is 5.75 Å². The molecule has 2 aliphatic rings. The molecule has 1 aliphatic heterocycles. The number of furan rings is 1. The molecule has 10 heteroatoms. The van der Waals surface area contributed by atoms with Gasteiger partial charge in [0.2, 0.25) is 0 Å². The van der Waals surface area contributed by atoms with Crippen molar-refractivity contribution in [3.8, 4) is 5.75 Å². The highest BCUT2D eigenvalue weighted by Gasteiger charge is 2.43. The van der Waals surface area contributed by atoms with E-state index in [1.54, 1.807) is 35.9 Å². The fraction of sp³-hybridized carbons (Fsp3) is 0.433. The van der Waals surface area contributed by atoms with Crippen LogP contribution in [0.3, 0.4) is 0 Å². The van der Waals surface area contributed by atoms with Crippen molar-refractivity contribution in [1.82, 2.24) is 13.9 Å². The lowest BCUT2D eigenvalue weighted by Crippen LogP contribution is -2.54. The minimum absolute atomic E-state index is 0.181. The molecule has 0 radical (unpaired) electrons. The normalized spacial score (nSPS) is 22.2. The second-order valence-corrected chi connectivity index (χ2v) is 12.3. The monoisotopic (exact) mass is 567 g/mol. The fourth-order valence-corrected chi connectivity index (χ4v) is 7.65. The van der Waals surface area contributed by atoms with Crippen molar-refractivity contribution in [2.45, 2.75) is 43.7 Å². The highest BCUT2D eigenvalue weighted by Crippen LogP contribution is 2.42. The van der Waals surface area contributed by atoms with Gasteiger partial charge in [-0.25, -0.2) is 0 Å². The third-order valence-electron chi connectivity index (χ3n) is 8.13. The van der Waals surface area contributed by atoms with E-state index in [-0.39, 0.29) is 23.9 Å². The van der Waals surface area contributed by atoms with Gasteiger partial charge in [-0.05, 0) is 55.5 Å². The second kappa shape index (κ2) is 12.6. The first-order valence-electron chi connectivity index (χ1n) is 13.8. The summed E-state index contributed by atoms with van der Waals surface area (Å²) >= 11 is 0. The molecule has 214 valence electrons. The van der Waals surface area contributed by atoms with Gasteiger partial charge in [0.15, 0.2) is 0 Å². The van der Waals surface area contributed by atoms with Gasteiger partial charge in [-0.2, -0.15) is 17.0 Å². The number of nitrogens with one attached hydrogen (secondary N) is 1. The maximum Gasteiger partial charge on any atom is 0.282 e. The summed E-state index contributed by atoms with van der Waals surface area (Å²) in [6.07, 6.45) is 4.33. The Labute approximate surface area is 236 Å². The van der Waals surface area contributed by atoms with E-state index in [0.29, 0.717) is 62.8 Å². The highest BCUT2D eigenvalue weighted by atomic mass is 32.2. The topological polar surface area (TPSA) is 101 Å². The number of amides is 1. The predicted molar refractivity (Wildman–Crippen MR) is 151 cm³/mol. The number of benzene rings is 2. The van der Waals surface area contributed by atoms with E-state index in [4.69, 9.17) is 13.9 Å². The van der Waals surface area contributed by atoms with E-state index in [9.17, 15) is 13.2 Å². The molecule has 3 aromatic rings. The average molecular weight is 568 g/mol. The quantitative estimate of drug-likeness (QED) is 0.398. The summed E-state index contributed by atoms with van der Waals surface area (Å²) in [6, 6.07) is 20.8. The molecular weight excluding hydrogens is 530 g/mol. The molecule has 0 spiro atoms. The van der Waals surface area contributed by atoms with Crippen LogP contribution < -0.4 is 10.1 Å². The summed E-state index contributed by atoms with van der Waals surface area (Å²) in [5.41, 5.74) is 1.31. The third kappa shape index (κ3) is 6.10. The number of rotatable bonds is 10. The largest absolute Gasteiger partial charge is 0.496 e. The lowest BCUT2D eigenvalue weighted by molar-refractivity contribution is 0.0670. The van der Waals surface area contributed by atoms with E-state index in [1.807, 2.05) is 36.4 Å². The van der Waals surface area contributed by atoms with Crippen LogP contribution in [0.1, 0.15) is 47.4 Å². The van der Waals surface area contributed by atoms with Crippen LogP contribution in [0, 0.1) is 0 Å². The number of carbonyl (C=O) groups excluding carboxylic acids is 1. The standard InChI is InChI=1S/C30H37N3O6S/c1-37-28-12-6-5-11-27(28)29(34)31-23-30(24-8-3-2-4-9-24)15-13-25(14-16-30)33(22-26-10-7-19-39-26)40(35,36)32-17-20-38-21-18-32/h2-12,19,25H,13-18,20-23H2,1H3,(H,31,34)/t25-,30-. The molecule has 40 heavy (non-hydrogen) atoms. The van der Waals surface area contributed by atoms with Crippen molar-refractivity contribution >= 4 is 16.1 Å². The molecule has 1 saturated heterocycles. The van der Waals surface area contributed by atoms with Gasteiger partial charge in [-0.15, -0.1) is 0 Å². The molecule has 2 aromatic carbocycles. The molecule has 0 bridgehead atoms. The van der Waals surface area contributed by atoms with Gasteiger partial charge in [-0.1, -0.05) is 42.5 Å². The Kier molecular flexibility index (Phi) is 8.90. The van der Waals surface area contributed by atoms with Crippen LogP contribution in [-0.4, -0.2) is 68.9 Å². The molecule has 1 aliphatic carbocycles.